The number of aryl methyl sites for hydroxylation is 2. The zero-order valence-corrected chi connectivity index (χ0v) is 17.1. The monoisotopic (exact) mass is 399 g/mol. The number of benzene rings is 1. The number of H-pyrrole nitrogens is 1. The molecule has 1 atom stereocenters. The maximum absolute atomic E-state index is 6.12. The molecule has 1 aromatic carbocycles. The highest BCUT2D eigenvalue weighted by molar-refractivity contribution is 6.32. The predicted molar refractivity (Wildman–Crippen MR) is 110 cm³/mol. The number of ether oxygens (including phenoxy) is 1. The Morgan fingerprint density at radius 2 is 2.18 bits per heavy atom. The van der Waals surface area contributed by atoms with Gasteiger partial charge >= 0.3 is 0 Å². The number of rotatable bonds is 7. The second-order valence-electron chi connectivity index (χ2n) is 7.48. The Labute approximate surface area is 170 Å². The predicted octanol–water partition coefficient (Wildman–Crippen LogP) is 3.72. The Hall–Kier alpha value is -2.31. The van der Waals surface area contributed by atoms with Gasteiger partial charge in [0.15, 0.2) is 0 Å². The van der Waals surface area contributed by atoms with Crippen LogP contribution in [0, 0.1) is 6.92 Å². The molecule has 0 saturated carbocycles. The van der Waals surface area contributed by atoms with Crippen molar-refractivity contribution in [3.63, 3.8) is 0 Å². The van der Waals surface area contributed by atoms with Gasteiger partial charge in [-0.1, -0.05) is 23.7 Å². The van der Waals surface area contributed by atoms with E-state index < -0.39 is 0 Å². The van der Waals surface area contributed by atoms with Crippen molar-refractivity contribution >= 4 is 11.6 Å². The summed E-state index contributed by atoms with van der Waals surface area (Å²) in [5, 5.41) is 12.8. The Balaban J connectivity index is 1.28. The van der Waals surface area contributed by atoms with E-state index in [-0.39, 0.29) is 0 Å². The van der Waals surface area contributed by atoms with Crippen LogP contribution in [0.25, 0.3) is 0 Å². The van der Waals surface area contributed by atoms with Gasteiger partial charge in [-0.25, -0.2) is 0 Å². The van der Waals surface area contributed by atoms with E-state index in [9.17, 15) is 0 Å². The second-order valence-corrected chi connectivity index (χ2v) is 7.89. The summed E-state index contributed by atoms with van der Waals surface area (Å²) >= 11 is 6.12. The molecule has 1 N–H and O–H groups in total. The maximum Gasteiger partial charge on any atom is 0.137 e. The fourth-order valence-corrected chi connectivity index (χ4v) is 4.00. The number of nitrogens with one attached hydrogen (secondary N) is 1. The van der Waals surface area contributed by atoms with Crippen LogP contribution in [0.1, 0.15) is 35.0 Å². The number of aromatic amines is 1. The van der Waals surface area contributed by atoms with Gasteiger partial charge in [-0.15, -0.1) is 0 Å². The molecule has 1 aliphatic rings. The molecule has 2 aromatic heterocycles. The van der Waals surface area contributed by atoms with E-state index >= 15 is 0 Å². The minimum absolute atomic E-state index is 0.478. The van der Waals surface area contributed by atoms with Crippen LogP contribution in [0.5, 0.6) is 5.75 Å². The quantitative estimate of drug-likeness (QED) is 0.657. The van der Waals surface area contributed by atoms with E-state index in [0.717, 1.165) is 55.3 Å². The molecule has 0 radical (unpaired) electrons. The Kier molecular flexibility index (Phi) is 5.69. The van der Waals surface area contributed by atoms with Crippen molar-refractivity contribution in [3.8, 4) is 5.75 Å². The first-order chi connectivity index (χ1) is 13.6. The molecule has 3 heterocycles. The summed E-state index contributed by atoms with van der Waals surface area (Å²) in [4.78, 5) is 2.49. The number of likely N-dealkylation sites (tertiary alicyclic amines) is 1. The SMILES string of the molecule is Cc1nn(C)cc1CN1CC[C@H](c2cc(CCOc3ccccc3Cl)[nH]n2)C1. The lowest BCUT2D eigenvalue weighted by molar-refractivity contribution is 0.320. The summed E-state index contributed by atoms with van der Waals surface area (Å²) in [5.41, 5.74) is 4.68. The van der Waals surface area contributed by atoms with Gasteiger partial charge in [-0.05, 0) is 38.1 Å². The molecule has 0 aliphatic carbocycles. The molecule has 148 valence electrons. The minimum atomic E-state index is 0.478. The normalized spacial score (nSPS) is 17.3. The van der Waals surface area contributed by atoms with Crippen molar-refractivity contribution in [1.29, 1.82) is 0 Å². The van der Waals surface area contributed by atoms with E-state index in [2.05, 4.69) is 39.4 Å². The number of hydrogen-bond donors (Lipinski definition) is 1. The number of nitrogens with zero attached hydrogens (tertiary/aromatic N) is 4. The fraction of sp³-hybridized carbons (Fsp3) is 0.429. The first kappa shape index (κ1) is 19.0. The zero-order valence-electron chi connectivity index (χ0n) is 16.4. The Morgan fingerprint density at radius 1 is 1.32 bits per heavy atom. The molecule has 1 fully saturated rings. The molecule has 6 nitrogen and oxygen atoms in total. The topological polar surface area (TPSA) is 59.0 Å². The van der Waals surface area contributed by atoms with E-state index in [0.29, 0.717) is 17.5 Å². The second kappa shape index (κ2) is 8.37. The Bertz CT molecular complexity index is 935. The van der Waals surface area contributed by atoms with Gasteiger partial charge in [-0.2, -0.15) is 10.2 Å². The van der Waals surface area contributed by atoms with Gasteiger partial charge in [-0.3, -0.25) is 14.7 Å². The van der Waals surface area contributed by atoms with E-state index in [1.807, 2.05) is 36.0 Å². The summed E-state index contributed by atoms with van der Waals surface area (Å²) in [6, 6.07) is 9.73. The third-order valence-corrected chi connectivity index (χ3v) is 5.63. The van der Waals surface area contributed by atoms with Gasteiger partial charge in [0.2, 0.25) is 0 Å². The molecule has 28 heavy (non-hydrogen) atoms. The third-order valence-electron chi connectivity index (χ3n) is 5.32. The van der Waals surface area contributed by atoms with Crippen LogP contribution in [0.2, 0.25) is 5.02 Å². The Morgan fingerprint density at radius 3 is 2.96 bits per heavy atom. The summed E-state index contributed by atoms with van der Waals surface area (Å²) in [7, 11) is 1.98. The molecule has 0 unspecified atom stereocenters. The lowest BCUT2D eigenvalue weighted by atomic mass is 10.0. The molecular formula is C21H26ClN5O. The average molecular weight is 400 g/mol. The van der Waals surface area contributed by atoms with Crippen LogP contribution in [0.3, 0.4) is 0 Å². The van der Waals surface area contributed by atoms with Gasteiger partial charge in [0.05, 0.1) is 23.0 Å². The molecule has 1 saturated heterocycles. The number of hydrogen-bond acceptors (Lipinski definition) is 4. The van der Waals surface area contributed by atoms with E-state index in [4.69, 9.17) is 16.3 Å². The maximum atomic E-state index is 6.12. The van der Waals surface area contributed by atoms with Gasteiger partial charge < -0.3 is 4.74 Å². The number of aromatic nitrogens is 4. The molecule has 4 rings (SSSR count). The van der Waals surface area contributed by atoms with Crippen molar-refractivity contribution in [1.82, 2.24) is 24.9 Å². The molecule has 1 aliphatic heterocycles. The van der Waals surface area contributed by atoms with Gasteiger partial charge in [0.1, 0.15) is 5.75 Å². The standard InChI is InChI=1S/C21H26ClN5O/c1-15-17(12-26(2)25-15)14-27-9-7-16(13-27)20-11-18(23-24-20)8-10-28-21-6-4-3-5-19(21)22/h3-6,11-12,16H,7-10,13-14H2,1-2H3,(H,23,24)/t16-/m0/s1. The molecule has 3 aromatic rings. The highest BCUT2D eigenvalue weighted by atomic mass is 35.5. The van der Waals surface area contributed by atoms with Gasteiger partial charge in [0.25, 0.3) is 0 Å². The number of para-hydroxylation sites is 1. The molecule has 0 spiro atoms. The van der Waals surface area contributed by atoms with Crippen LogP contribution in [0.4, 0.5) is 0 Å². The highest BCUT2D eigenvalue weighted by Crippen LogP contribution is 2.28. The average Bonchev–Trinajstić information content (AvgIpc) is 3.38. The molecule has 0 amide bonds. The van der Waals surface area contributed by atoms with Crippen LogP contribution in [-0.4, -0.2) is 44.6 Å². The van der Waals surface area contributed by atoms with Gasteiger partial charge in [0, 0.05) is 49.9 Å². The first-order valence-electron chi connectivity index (χ1n) is 9.71. The lowest BCUT2D eigenvalue weighted by Crippen LogP contribution is -2.20. The summed E-state index contributed by atoms with van der Waals surface area (Å²) in [6.45, 7) is 5.74. The number of halogens is 1. The van der Waals surface area contributed by atoms with Crippen LogP contribution < -0.4 is 4.74 Å². The van der Waals surface area contributed by atoms with Crippen molar-refractivity contribution < 1.29 is 4.74 Å². The first-order valence-corrected chi connectivity index (χ1v) is 10.1. The van der Waals surface area contributed by atoms with Crippen LogP contribution >= 0.6 is 11.6 Å². The van der Waals surface area contributed by atoms with Crippen molar-refractivity contribution in [3.05, 3.63) is 64.2 Å². The third kappa shape index (κ3) is 4.39. The smallest absolute Gasteiger partial charge is 0.137 e. The summed E-state index contributed by atoms with van der Waals surface area (Å²) in [6.07, 6.45) is 4.04. The van der Waals surface area contributed by atoms with Crippen LogP contribution in [0.15, 0.2) is 36.5 Å². The molecular weight excluding hydrogens is 374 g/mol. The largest absolute Gasteiger partial charge is 0.492 e. The fourth-order valence-electron chi connectivity index (χ4n) is 3.81. The molecule has 0 bridgehead atoms. The van der Waals surface area contributed by atoms with Crippen molar-refractivity contribution in [2.24, 2.45) is 7.05 Å². The van der Waals surface area contributed by atoms with Crippen molar-refractivity contribution in [2.45, 2.75) is 32.2 Å². The molecule has 7 heteroatoms. The highest BCUT2D eigenvalue weighted by Gasteiger charge is 2.26. The zero-order chi connectivity index (χ0) is 19.5. The van der Waals surface area contributed by atoms with E-state index in [1.54, 1.807) is 0 Å². The lowest BCUT2D eigenvalue weighted by Gasteiger charge is -2.14. The summed E-state index contributed by atoms with van der Waals surface area (Å²) < 4.78 is 7.67. The van der Waals surface area contributed by atoms with Crippen molar-refractivity contribution in [2.75, 3.05) is 19.7 Å². The minimum Gasteiger partial charge on any atom is -0.492 e. The summed E-state index contributed by atoms with van der Waals surface area (Å²) in [5.74, 6) is 1.20. The van der Waals surface area contributed by atoms with Crippen LogP contribution in [-0.2, 0) is 20.0 Å². The van der Waals surface area contributed by atoms with E-state index in [1.165, 1.54) is 5.56 Å².